The third kappa shape index (κ3) is 2.34. The summed E-state index contributed by atoms with van der Waals surface area (Å²) in [5, 5.41) is 8.37. The molecule has 0 aliphatic carbocycles. The average molecular weight is 246 g/mol. The maximum Gasteiger partial charge on any atom is 0.166 e. The third-order valence-corrected chi connectivity index (χ3v) is 3.29. The largest absolute Gasteiger partial charge is 0.294 e. The summed E-state index contributed by atoms with van der Waals surface area (Å²) < 4.78 is 3.51. The maximum atomic E-state index is 12.0. The number of hydrogen-bond acceptors (Lipinski definition) is 3. The monoisotopic (exact) mass is 246 g/mol. The molecular weight excluding hydrogens is 228 g/mol. The van der Waals surface area contributed by atoms with Crippen molar-refractivity contribution in [3.8, 4) is 0 Å². The van der Waals surface area contributed by atoms with Crippen molar-refractivity contribution in [2.24, 2.45) is 14.1 Å². The Balaban J connectivity index is 2.06. The Morgan fingerprint density at radius 2 is 2.06 bits per heavy atom. The Kier molecular flexibility index (Phi) is 3.32. The van der Waals surface area contributed by atoms with Crippen LogP contribution in [0.3, 0.4) is 0 Å². The van der Waals surface area contributed by atoms with E-state index in [1.165, 1.54) is 5.56 Å². The van der Waals surface area contributed by atoms with Gasteiger partial charge in [-0.25, -0.2) is 0 Å². The first-order chi connectivity index (χ1) is 8.49. The molecule has 0 bridgehead atoms. The molecule has 0 aliphatic heterocycles. The molecule has 0 amide bonds. The van der Waals surface area contributed by atoms with Crippen LogP contribution in [0, 0.1) is 13.8 Å². The summed E-state index contributed by atoms with van der Waals surface area (Å²) in [5.41, 5.74) is 3.99. The molecule has 96 valence electrons. The predicted octanol–water partition coefficient (Wildman–Crippen LogP) is 1.59. The highest BCUT2D eigenvalue weighted by Gasteiger charge is 2.13. The second-order valence-electron chi connectivity index (χ2n) is 4.60. The maximum absolute atomic E-state index is 12.0. The molecule has 2 aromatic rings. The van der Waals surface area contributed by atoms with E-state index in [2.05, 4.69) is 10.2 Å². The zero-order valence-electron chi connectivity index (χ0n) is 11.3. The van der Waals surface area contributed by atoms with Gasteiger partial charge in [0.1, 0.15) is 0 Å². The van der Waals surface area contributed by atoms with Crippen molar-refractivity contribution in [2.75, 3.05) is 0 Å². The molecule has 5 heteroatoms. The molecule has 0 unspecified atom stereocenters. The molecule has 2 rings (SSSR count). The summed E-state index contributed by atoms with van der Waals surface area (Å²) in [6.45, 7) is 4.01. The van der Waals surface area contributed by atoms with Crippen molar-refractivity contribution in [3.63, 3.8) is 0 Å². The zero-order valence-corrected chi connectivity index (χ0v) is 11.3. The molecule has 5 nitrogen and oxygen atoms in total. The van der Waals surface area contributed by atoms with E-state index in [1.54, 1.807) is 17.1 Å². The highest BCUT2D eigenvalue weighted by molar-refractivity contribution is 5.95. The Morgan fingerprint density at radius 3 is 2.56 bits per heavy atom. The molecule has 2 heterocycles. The van der Waals surface area contributed by atoms with E-state index in [-0.39, 0.29) is 5.78 Å². The molecule has 0 atom stereocenters. The summed E-state index contributed by atoms with van der Waals surface area (Å²) in [6.07, 6.45) is 4.61. The second kappa shape index (κ2) is 4.76. The summed E-state index contributed by atoms with van der Waals surface area (Å²) in [7, 11) is 3.74. The molecule has 0 fully saturated rings. The minimum atomic E-state index is 0.130. The van der Waals surface area contributed by atoms with Crippen LogP contribution in [0.25, 0.3) is 0 Å². The first-order valence-electron chi connectivity index (χ1n) is 6.00. The van der Waals surface area contributed by atoms with E-state index in [1.807, 2.05) is 32.6 Å². The van der Waals surface area contributed by atoms with Crippen LogP contribution < -0.4 is 0 Å². The molecular formula is C13H18N4O. The van der Waals surface area contributed by atoms with Crippen molar-refractivity contribution >= 4 is 5.78 Å². The molecule has 18 heavy (non-hydrogen) atoms. The molecule has 0 saturated heterocycles. The van der Waals surface area contributed by atoms with Gasteiger partial charge in [0.2, 0.25) is 0 Å². The van der Waals surface area contributed by atoms with Gasteiger partial charge >= 0.3 is 0 Å². The van der Waals surface area contributed by atoms with E-state index >= 15 is 0 Å². The minimum Gasteiger partial charge on any atom is -0.294 e. The van der Waals surface area contributed by atoms with Crippen LogP contribution in [0.1, 0.15) is 33.7 Å². The van der Waals surface area contributed by atoms with Crippen molar-refractivity contribution in [1.82, 2.24) is 19.6 Å². The van der Waals surface area contributed by atoms with Crippen LogP contribution in [-0.2, 0) is 20.5 Å². The quantitative estimate of drug-likeness (QED) is 0.770. The smallest absolute Gasteiger partial charge is 0.166 e. The van der Waals surface area contributed by atoms with Gasteiger partial charge in [0, 0.05) is 32.4 Å². The predicted molar refractivity (Wildman–Crippen MR) is 68.5 cm³/mol. The first kappa shape index (κ1) is 12.5. The van der Waals surface area contributed by atoms with Crippen molar-refractivity contribution in [3.05, 3.63) is 34.9 Å². The SMILES string of the molecule is Cc1nn(C)c(C)c1CCC(=O)c1cnn(C)c1. The van der Waals surface area contributed by atoms with E-state index in [0.29, 0.717) is 12.0 Å². The van der Waals surface area contributed by atoms with Crippen LogP contribution >= 0.6 is 0 Å². The Hall–Kier alpha value is -1.91. The molecule has 0 aliphatic rings. The standard InChI is InChI=1S/C13H18N4O/c1-9-12(10(2)17(4)15-9)5-6-13(18)11-7-14-16(3)8-11/h7-8H,5-6H2,1-4H3. The molecule has 0 N–H and O–H groups in total. The lowest BCUT2D eigenvalue weighted by Crippen LogP contribution is -2.02. The molecule has 0 spiro atoms. The van der Waals surface area contributed by atoms with Gasteiger partial charge in [-0.05, 0) is 25.8 Å². The van der Waals surface area contributed by atoms with Gasteiger partial charge < -0.3 is 0 Å². The zero-order chi connectivity index (χ0) is 13.3. The fourth-order valence-electron chi connectivity index (χ4n) is 2.13. The second-order valence-corrected chi connectivity index (χ2v) is 4.60. The number of ketones is 1. The van der Waals surface area contributed by atoms with Crippen LogP contribution in [0.2, 0.25) is 0 Å². The van der Waals surface area contributed by atoms with Crippen LogP contribution in [0.5, 0.6) is 0 Å². The number of carbonyl (C=O) groups is 1. The fraction of sp³-hybridized carbons (Fsp3) is 0.462. The number of nitrogens with zero attached hydrogens (tertiary/aromatic N) is 4. The summed E-state index contributed by atoms with van der Waals surface area (Å²) >= 11 is 0. The highest BCUT2D eigenvalue weighted by Crippen LogP contribution is 2.15. The van der Waals surface area contributed by atoms with E-state index in [9.17, 15) is 4.79 Å². The third-order valence-electron chi connectivity index (χ3n) is 3.29. The lowest BCUT2D eigenvalue weighted by atomic mass is 10.0. The Morgan fingerprint density at radius 1 is 1.33 bits per heavy atom. The van der Waals surface area contributed by atoms with E-state index in [4.69, 9.17) is 0 Å². The van der Waals surface area contributed by atoms with Crippen LogP contribution in [-0.4, -0.2) is 25.3 Å². The van der Waals surface area contributed by atoms with Crippen molar-refractivity contribution in [1.29, 1.82) is 0 Å². The normalized spacial score (nSPS) is 10.9. The van der Waals surface area contributed by atoms with Gasteiger partial charge in [-0.2, -0.15) is 10.2 Å². The van der Waals surface area contributed by atoms with Gasteiger partial charge in [0.05, 0.1) is 17.5 Å². The molecule has 0 saturated carbocycles. The molecule has 0 aromatic carbocycles. The Bertz CT molecular complexity index is 580. The van der Waals surface area contributed by atoms with Gasteiger partial charge in [-0.3, -0.25) is 14.2 Å². The lowest BCUT2D eigenvalue weighted by Gasteiger charge is -2.01. The van der Waals surface area contributed by atoms with E-state index in [0.717, 1.165) is 17.8 Å². The van der Waals surface area contributed by atoms with Crippen molar-refractivity contribution < 1.29 is 4.79 Å². The van der Waals surface area contributed by atoms with Gasteiger partial charge in [-0.15, -0.1) is 0 Å². The summed E-state index contributed by atoms with van der Waals surface area (Å²) in [4.78, 5) is 12.0. The van der Waals surface area contributed by atoms with Crippen LogP contribution in [0.4, 0.5) is 0 Å². The topological polar surface area (TPSA) is 52.7 Å². The van der Waals surface area contributed by atoms with Gasteiger partial charge in [0.25, 0.3) is 0 Å². The highest BCUT2D eigenvalue weighted by atomic mass is 16.1. The van der Waals surface area contributed by atoms with Crippen molar-refractivity contribution in [2.45, 2.75) is 26.7 Å². The van der Waals surface area contributed by atoms with Crippen LogP contribution in [0.15, 0.2) is 12.4 Å². The molecule has 0 radical (unpaired) electrons. The summed E-state index contributed by atoms with van der Waals surface area (Å²) in [6, 6.07) is 0. The Labute approximate surface area is 106 Å². The van der Waals surface area contributed by atoms with Gasteiger partial charge in [-0.1, -0.05) is 0 Å². The number of aryl methyl sites for hydroxylation is 3. The minimum absolute atomic E-state index is 0.130. The van der Waals surface area contributed by atoms with E-state index < -0.39 is 0 Å². The number of carbonyl (C=O) groups excluding carboxylic acids is 1. The van der Waals surface area contributed by atoms with Gasteiger partial charge in [0.15, 0.2) is 5.78 Å². The number of Topliss-reactive ketones (excluding diaryl/α,β-unsaturated/α-hetero) is 1. The fourth-order valence-corrected chi connectivity index (χ4v) is 2.13. The average Bonchev–Trinajstić information content (AvgIpc) is 2.83. The number of hydrogen-bond donors (Lipinski definition) is 0. The lowest BCUT2D eigenvalue weighted by molar-refractivity contribution is 0.0982. The first-order valence-corrected chi connectivity index (χ1v) is 6.00. The number of rotatable bonds is 4. The summed E-state index contributed by atoms with van der Waals surface area (Å²) in [5.74, 6) is 0.130. The number of aromatic nitrogens is 4. The molecule has 2 aromatic heterocycles.